The fourth-order valence-corrected chi connectivity index (χ4v) is 1.77. The molecule has 0 aromatic heterocycles. The maximum absolute atomic E-state index is 11.7. The molecule has 0 aromatic carbocycles. The average molecular weight is 184 g/mol. The number of ether oxygens (including phenoxy) is 1. The molecule has 1 heterocycles. The topological polar surface area (TPSA) is 55.6 Å². The van der Waals surface area contributed by atoms with Crippen molar-refractivity contribution in [1.29, 1.82) is 0 Å². The van der Waals surface area contributed by atoms with Crippen molar-refractivity contribution in [2.45, 2.75) is 30.9 Å². The highest BCUT2D eigenvalue weighted by Crippen LogP contribution is 2.35. The Morgan fingerprint density at radius 1 is 1.62 bits per heavy atom. The molecular formula is C9H16N2O2. The Hall–Kier alpha value is -0.610. The van der Waals surface area contributed by atoms with E-state index in [2.05, 4.69) is 0 Å². The lowest BCUT2D eigenvalue weighted by Gasteiger charge is -2.19. The van der Waals surface area contributed by atoms with Crippen molar-refractivity contribution in [2.24, 2.45) is 5.73 Å². The molecule has 0 bridgehead atoms. The molecule has 1 saturated carbocycles. The number of methoxy groups -OCH3 is 1. The van der Waals surface area contributed by atoms with Gasteiger partial charge in [-0.25, -0.2) is 0 Å². The summed E-state index contributed by atoms with van der Waals surface area (Å²) in [5.41, 5.74) is 5.31. The molecule has 2 N–H and O–H groups in total. The zero-order valence-corrected chi connectivity index (χ0v) is 7.95. The predicted molar refractivity (Wildman–Crippen MR) is 48.1 cm³/mol. The van der Waals surface area contributed by atoms with E-state index in [0.717, 1.165) is 25.8 Å². The van der Waals surface area contributed by atoms with Crippen LogP contribution in [-0.4, -0.2) is 42.6 Å². The van der Waals surface area contributed by atoms with E-state index in [0.29, 0.717) is 6.54 Å². The van der Waals surface area contributed by atoms with Gasteiger partial charge in [0.2, 0.25) is 5.91 Å². The van der Waals surface area contributed by atoms with Gasteiger partial charge in [-0.3, -0.25) is 4.79 Å². The van der Waals surface area contributed by atoms with Crippen molar-refractivity contribution in [3.8, 4) is 0 Å². The van der Waals surface area contributed by atoms with Crippen LogP contribution in [0.2, 0.25) is 0 Å². The SMILES string of the molecule is COC1CCN(C(=O)C2(N)CC2)C1. The first-order chi connectivity index (χ1) is 6.15. The van der Waals surface area contributed by atoms with Crippen molar-refractivity contribution < 1.29 is 9.53 Å². The first kappa shape index (κ1) is 8.97. The summed E-state index contributed by atoms with van der Waals surface area (Å²) in [6.07, 6.45) is 2.85. The minimum Gasteiger partial charge on any atom is -0.380 e. The third-order valence-corrected chi connectivity index (χ3v) is 2.98. The molecule has 1 saturated heterocycles. The second kappa shape index (κ2) is 2.96. The van der Waals surface area contributed by atoms with Crippen LogP contribution in [0.3, 0.4) is 0 Å². The van der Waals surface area contributed by atoms with E-state index < -0.39 is 5.54 Å². The van der Waals surface area contributed by atoms with Gasteiger partial charge in [0.05, 0.1) is 11.6 Å². The summed E-state index contributed by atoms with van der Waals surface area (Å²) in [4.78, 5) is 13.6. The van der Waals surface area contributed by atoms with Gasteiger partial charge < -0.3 is 15.4 Å². The monoisotopic (exact) mass is 184 g/mol. The normalized spacial score (nSPS) is 30.6. The maximum atomic E-state index is 11.7. The van der Waals surface area contributed by atoms with Crippen LogP contribution in [0.4, 0.5) is 0 Å². The van der Waals surface area contributed by atoms with E-state index in [1.807, 2.05) is 4.90 Å². The molecule has 2 aliphatic rings. The summed E-state index contributed by atoms with van der Waals surface area (Å²) in [5, 5.41) is 0. The molecule has 13 heavy (non-hydrogen) atoms. The number of nitrogens with two attached hydrogens (primary N) is 1. The Morgan fingerprint density at radius 2 is 2.31 bits per heavy atom. The highest BCUT2D eigenvalue weighted by Gasteiger charge is 2.49. The standard InChI is InChI=1S/C9H16N2O2/c1-13-7-2-5-11(6-7)8(12)9(10)3-4-9/h7H,2-6,10H2,1H3. The van der Waals surface area contributed by atoms with Gasteiger partial charge in [-0.1, -0.05) is 0 Å². The first-order valence-electron chi connectivity index (χ1n) is 4.77. The highest BCUT2D eigenvalue weighted by atomic mass is 16.5. The summed E-state index contributed by atoms with van der Waals surface area (Å²) in [7, 11) is 1.69. The Morgan fingerprint density at radius 3 is 2.77 bits per heavy atom. The highest BCUT2D eigenvalue weighted by molar-refractivity contribution is 5.89. The third-order valence-electron chi connectivity index (χ3n) is 2.98. The molecule has 0 spiro atoms. The van der Waals surface area contributed by atoms with Gasteiger partial charge in [0.25, 0.3) is 0 Å². The third kappa shape index (κ3) is 1.56. The summed E-state index contributed by atoms with van der Waals surface area (Å²) in [5.74, 6) is 0.118. The number of hydrogen-bond acceptors (Lipinski definition) is 3. The Balaban J connectivity index is 1.92. The van der Waals surface area contributed by atoms with Crippen LogP contribution in [0.25, 0.3) is 0 Å². The molecule has 2 rings (SSSR count). The number of nitrogens with zero attached hydrogens (tertiary/aromatic N) is 1. The summed E-state index contributed by atoms with van der Waals surface area (Å²) in [6, 6.07) is 0. The zero-order valence-electron chi connectivity index (χ0n) is 7.95. The molecular weight excluding hydrogens is 168 g/mol. The van der Waals surface area contributed by atoms with E-state index in [1.165, 1.54) is 0 Å². The summed E-state index contributed by atoms with van der Waals surface area (Å²) in [6.45, 7) is 1.52. The molecule has 1 aliphatic carbocycles. The van der Waals surface area contributed by atoms with Crippen molar-refractivity contribution >= 4 is 5.91 Å². The molecule has 1 aliphatic heterocycles. The van der Waals surface area contributed by atoms with E-state index in [1.54, 1.807) is 7.11 Å². The van der Waals surface area contributed by atoms with Gasteiger partial charge in [-0.05, 0) is 19.3 Å². The first-order valence-corrected chi connectivity index (χ1v) is 4.77. The van der Waals surface area contributed by atoms with E-state index in [-0.39, 0.29) is 12.0 Å². The lowest BCUT2D eigenvalue weighted by molar-refractivity contribution is -0.132. The smallest absolute Gasteiger partial charge is 0.242 e. The van der Waals surface area contributed by atoms with E-state index >= 15 is 0 Å². The second-order valence-electron chi connectivity index (χ2n) is 4.05. The van der Waals surface area contributed by atoms with Gasteiger partial charge in [0.1, 0.15) is 0 Å². The van der Waals surface area contributed by atoms with Crippen LogP contribution in [0.1, 0.15) is 19.3 Å². The summed E-state index contributed by atoms with van der Waals surface area (Å²) >= 11 is 0. The van der Waals surface area contributed by atoms with Crippen molar-refractivity contribution in [3.05, 3.63) is 0 Å². The van der Waals surface area contributed by atoms with Crippen LogP contribution >= 0.6 is 0 Å². The van der Waals surface area contributed by atoms with E-state index in [4.69, 9.17) is 10.5 Å². The van der Waals surface area contributed by atoms with Crippen LogP contribution in [0.15, 0.2) is 0 Å². The molecule has 1 atom stereocenters. The molecule has 0 radical (unpaired) electrons. The molecule has 0 aromatic rings. The fourth-order valence-electron chi connectivity index (χ4n) is 1.77. The van der Waals surface area contributed by atoms with Crippen molar-refractivity contribution in [2.75, 3.05) is 20.2 Å². The maximum Gasteiger partial charge on any atom is 0.242 e. The van der Waals surface area contributed by atoms with Gasteiger partial charge >= 0.3 is 0 Å². The van der Waals surface area contributed by atoms with Crippen LogP contribution in [0.5, 0.6) is 0 Å². The Bertz CT molecular complexity index is 226. The lowest BCUT2D eigenvalue weighted by atomic mass is 10.2. The molecule has 1 unspecified atom stereocenters. The largest absolute Gasteiger partial charge is 0.380 e. The summed E-state index contributed by atoms with van der Waals surface area (Å²) < 4.78 is 5.19. The van der Waals surface area contributed by atoms with Gasteiger partial charge in [0, 0.05) is 20.2 Å². The van der Waals surface area contributed by atoms with Crippen molar-refractivity contribution in [1.82, 2.24) is 4.90 Å². The van der Waals surface area contributed by atoms with Crippen molar-refractivity contribution in [3.63, 3.8) is 0 Å². The van der Waals surface area contributed by atoms with Gasteiger partial charge in [-0.2, -0.15) is 0 Å². The van der Waals surface area contributed by atoms with Gasteiger partial charge in [-0.15, -0.1) is 0 Å². The average Bonchev–Trinajstić information content (AvgIpc) is 2.71. The van der Waals surface area contributed by atoms with Crippen LogP contribution in [0, 0.1) is 0 Å². The van der Waals surface area contributed by atoms with Crippen LogP contribution < -0.4 is 5.73 Å². The molecule has 4 nitrogen and oxygen atoms in total. The Labute approximate surface area is 78.0 Å². The minimum atomic E-state index is -0.511. The molecule has 74 valence electrons. The number of carbonyl (C=O) groups excluding carboxylic acids is 1. The zero-order chi connectivity index (χ0) is 9.47. The van der Waals surface area contributed by atoms with Gasteiger partial charge in [0.15, 0.2) is 0 Å². The number of amides is 1. The number of carbonyl (C=O) groups is 1. The Kier molecular flexibility index (Phi) is 2.04. The fraction of sp³-hybridized carbons (Fsp3) is 0.889. The molecule has 4 heteroatoms. The lowest BCUT2D eigenvalue weighted by Crippen LogP contribution is -2.44. The van der Waals surface area contributed by atoms with E-state index in [9.17, 15) is 4.79 Å². The molecule has 2 fully saturated rings. The quantitative estimate of drug-likeness (QED) is 0.642. The number of rotatable bonds is 2. The van der Waals surface area contributed by atoms with Crippen LogP contribution in [-0.2, 0) is 9.53 Å². The molecule has 1 amide bonds. The minimum absolute atomic E-state index is 0.118. The second-order valence-corrected chi connectivity index (χ2v) is 4.05. The number of likely N-dealkylation sites (tertiary alicyclic amines) is 1. The predicted octanol–water partition coefficient (Wildman–Crippen LogP) is -0.275. The number of hydrogen-bond donors (Lipinski definition) is 1.